The molecular formula is C20H32N6O2. The highest BCUT2D eigenvalue weighted by atomic mass is 16.6. The van der Waals surface area contributed by atoms with Crippen LogP contribution in [0, 0.1) is 6.92 Å². The quantitative estimate of drug-likeness (QED) is 0.385. The highest BCUT2D eigenvalue weighted by Gasteiger charge is 2.15. The molecule has 0 radical (unpaired) electrons. The van der Waals surface area contributed by atoms with Gasteiger partial charge in [-0.3, -0.25) is 4.99 Å². The van der Waals surface area contributed by atoms with Gasteiger partial charge in [-0.05, 0) is 46.8 Å². The summed E-state index contributed by atoms with van der Waals surface area (Å²) in [5.74, 6) is 1.71. The second-order valence-corrected chi connectivity index (χ2v) is 7.42. The van der Waals surface area contributed by atoms with E-state index in [1.165, 1.54) is 0 Å². The van der Waals surface area contributed by atoms with Crippen molar-refractivity contribution in [3.8, 4) is 0 Å². The molecule has 1 aromatic carbocycles. The first-order valence-corrected chi connectivity index (χ1v) is 9.71. The Morgan fingerprint density at radius 1 is 1.18 bits per heavy atom. The molecule has 0 bridgehead atoms. The van der Waals surface area contributed by atoms with Gasteiger partial charge in [0.15, 0.2) is 5.96 Å². The summed E-state index contributed by atoms with van der Waals surface area (Å²) >= 11 is 0. The SMILES string of the molecule is CCNC(=NCCNC(=O)OC(C)(C)C)NCCn1c(C)nc2ccccc21. The second-order valence-electron chi connectivity index (χ2n) is 7.42. The number of para-hydroxylation sites is 2. The zero-order chi connectivity index (χ0) is 20.6. The summed E-state index contributed by atoms with van der Waals surface area (Å²) < 4.78 is 7.40. The van der Waals surface area contributed by atoms with Gasteiger partial charge < -0.3 is 25.3 Å². The molecule has 1 amide bonds. The molecule has 0 saturated heterocycles. The second kappa shape index (κ2) is 9.96. The van der Waals surface area contributed by atoms with Gasteiger partial charge in [-0.25, -0.2) is 9.78 Å². The van der Waals surface area contributed by atoms with Crippen LogP contribution in [0.2, 0.25) is 0 Å². The lowest BCUT2D eigenvalue weighted by atomic mass is 10.2. The summed E-state index contributed by atoms with van der Waals surface area (Å²) in [6.07, 6.45) is -0.428. The van der Waals surface area contributed by atoms with Gasteiger partial charge >= 0.3 is 6.09 Å². The Kier molecular flexibility index (Phi) is 7.66. The van der Waals surface area contributed by atoms with Crippen LogP contribution in [-0.2, 0) is 11.3 Å². The molecule has 0 atom stereocenters. The van der Waals surface area contributed by atoms with Gasteiger partial charge in [0.05, 0.1) is 17.6 Å². The number of aliphatic imine (C=N–C) groups is 1. The van der Waals surface area contributed by atoms with Crippen LogP contribution >= 0.6 is 0 Å². The highest BCUT2D eigenvalue weighted by Crippen LogP contribution is 2.14. The summed E-state index contributed by atoms with van der Waals surface area (Å²) in [5.41, 5.74) is 1.64. The van der Waals surface area contributed by atoms with Crippen molar-refractivity contribution in [2.45, 2.75) is 46.8 Å². The smallest absolute Gasteiger partial charge is 0.407 e. The first kappa shape index (κ1) is 21.5. The van der Waals surface area contributed by atoms with Crippen LogP contribution in [0.3, 0.4) is 0 Å². The minimum absolute atomic E-state index is 0.413. The van der Waals surface area contributed by atoms with Crippen molar-refractivity contribution in [1.82, 2.24) is 25.5 Å². The van der Waals surface area contributed by atoms with Crippen LogP contribution in [0.4, 0.5) is 4.79 Å². The standard InChI is InChI=1S/C20H32N6O2/c1-6-21-18(22-11-12-24-19(27)28-20(3,4)5)23-13-14-26-15(2)25-16-9-7-8-10-17(16)26/h7-10H,6,11-14H2,1-5H3,(H,24,27)(H2,21,22,23). The molecule has 2 rings (SSSR count). The maximum absolute atomic E-state index is 11.6. The number of amides is 1. The Morgan fingerprint density at radius 2 is 1.93 bits per heavy atom. The van der Waals surface area contributed by atoms with Crippen molar-refractivity contribution in [2.24, 2.45) is 4.99 Å². The third-order valence-corrected chi connectivity index (χ3v) is 3.87. The van der Waals surface area contributed by atoms with E-state index < -0.39 is 11.7 Å². The molecule has 2 aromatic rings. The molecule has 0 unspecified atom stereocenters. The van der Waals surface area contributed by atoms with Crippen molar-refractivity contribution in [3.05, 3.63) is 30.1 Å². The monoisotopic (exact) mass is 388 g/mol. The fraction of sp³-hybridized carbons (Fsp3) is 0.550. The number of carbonyl (C=O) groups is 1. The first-order chi connectivity index (χ1) is 13.3. The Balaban J connectivity index is 1.82. The van der Waals surface area contributed by atoms with E-state index in [1.807, 2.05) is 52.8 Å². The van der Waals surface area contributed by atoms with E-state index >= 15 is 0 Å². The first-order valence-electron chi connectivity index (χ1n) is 9.71. The molecule has 0 fully saturated rings. The Hall–Kier alpha value is -2.77. The molecule has 8 heteroatoms. The van der Waals surface area contributed by atoms with E-state index in [2.05, 4.69) is 36.6 Å². The van der Waals surface area contributed by atoms with Crippen molar-refractivity contribution in [3.63, 3.8) is 0 Å². The summed E-state index contributed by atoms with van der Waals surface area (Å²) in [6, 6.07) is 8.13. The molecule has 0 aliphatic carbocycles. The Bertz CT molecular complexity index is 807. The van der Waals surface area contributed by atoms with Crippen molar-refractivity contribution >= 4 is 23.1 Å². The lowest BCUT2D eigenvalue weighted by Gasteiger charge is -2.19. The van der Waals surface area contributed by atoms with Gasteiger partial charge in [0.2, 0.25) is 0 Å². The minimum Gasteiger partial charge on any atom is -0.444 e. The molecule has 8 nitrogen and oxygen atoms in total. The number of guanidine groups is 1. The lowest BCUT2D eigenvalue weighted by Crippen LogP contribution is -2.40. The van der Waals surface area contributed by atoms with Crippen LogP contribution < -0.4 is 16.0 Å². The highest BCUT2D eigenvalue weighted by molar-refractivity contribution is 5.80. The largest absolute Gasteiger partial charge is 0.444 e. The van der Waals surface area contributed by atoms with E-state index in [4.69, 9.17) is 4.74 Å². The predicted octanol–water partition coefficient (Wildman–Crippen LogP) is 2.42. The zero-order valence-electron chi connectivity index (χ0n) is 17.5. The van der Waals surface area contributed by atoms with Gasteiger partial charge in [0.25, 0.3) is 0 Å². The fourth-order valence-corrected chi connectivity index (χ4v) is 2.75. The molecule has 0 spiro atoms. The average molecular weight is 389 g/mol. The zero-order valence-corrected chi connectivity index (χ0v) is 17.5. The van der Waals surface area contributed by atoms with Crippen molar-refractivity contribution in [2.75, 3.05) is 26.2 Å². The molecule has 3 N–H and O–H groups in total. The summed E-state index contributed by atoms with van der Waals surface area (Å²) in [6.45, 7) is 12.7. The molecule has 0 aliphatic heterocycles. The summed E-state index contributed by atoms with van der Waals surface area (Å²) in [5, 5.41) is 9.24. The Morgan fingerprint density at radius 3 is 2.64 bits per heavy atom. The molecule has 1 heterocycles. The van der Waals surface area contributed by atoms with Crippen molar-refractivity contribution < 1.29 is 9.53 Å². The van der Waals surface area contributed by atoms with Gasteiger partial charge in [-0.2, -0.15) is 0 Å². The number of ether oxygens (including phenoxy) is 1. The number of nitrogens with zero attached hydrogens (tertiary/aromatic N) is 3. The number of hydrogen-bond donors (Lipinski definition) is 3. The number of carbonyl (C=O) groups excluding carboxylic acids is 1. The molecule has 0 saturated carbocycles. The maximum atomic E-state index is 11.6. The van der Waals surface area contributed by atoms with Crippen LogP contribution in [0.1, 0.15) is 33.5 Å². The number of alkyl carbamates (subject to hydrolysis) is 1. The third kappa shape index (κ3) is 6.75. The number of fused-ring (bicyclic) bond motifs is 1. The molecule has 28 heavy (non-hydrogen) atoms. The average Bonchev–Trinajstić information content (AvgIpc) is 2.92. The van der Waals surface area contributed by atoms with E-state index in [0.29, 0.717) is 19.6 Å². The van der Waals surface area contributed by atoms with Gasteiger partial charge in [-0.1, -0.05) is 12.1 Å². The van der Waals surface area contributed by atoms with Gasteiger partial charge in [0.1, 0.15) is 11.4 Å². The lowest BCUT2D eigenvalue weighted by molar-refractivity contribution is 0.0529. The van der Waals surface area contributed by atoms with E-state index in [1.54, 1.807) is 0 Å². The van der Waals surface area contributed by atoms with Crippen LogP contribution in [0.5, 0.6) is 0 Å². The number of aromatic nitrogens is 2. The number of imidazole rings is 1. The summed E-state index contributed by atoms with van der Waals surface area (Å²) in [4.78, 5) is 20.7. The molecule has 0 aliphatic rings. The number of nitrogens with one attached hydrogen (secondary N) is 3. The molecule has 1 aromatic heterocycles. The minimum atomic E-state index is -0.501. The number of benzene rings is 1. The number of aryl methyl sites for hydroxylation is 1. The summed E-state index contributed by atoms with van der Waals surface area (Å²) in [7, 11) is 0. The van der Waals surface area contributed by atoms with Crippen molar-refractivity contribution in [1.29, 1.82) is 0 Å². The maximum Gasteiger partial charge on any atom is 0.407 e. The molecule has 154 valence electrons. The van der Waals surface area contributed by atoms with Gasteiger partial charge in [-0.15, -0.1) is 0 Å². The van der Waals surface area contributed by atoms with Crippen LogP contribution in [0.15, 0.2) is 29.3 Å². The van der Waals surface area contributed by atoms with E-state index in [0.717, 1.165) is 35.9 Å². The number of rotatable bonds is 7. The topological polar surface area (TPSA) is 92.6 Å². The fourth-order valence-electron chi connectivity index (χ4n) is 2.75. The van der Waals surface area contributed by atoms with Gasteiger partial charge in [0, 0.05) is 26.2 Å². The Labute approximate surface area is 166 Å². The molecular weight excluding hydrogens is 356 g/mol. The van der Waals surface area contributed by atoms with E-state index in [-0.39, 0.29) is 0 Å². The number of hydrogen-bond acceptors (Lipinski definition) is 4. The van der Waals surface area contributed by atoms with Crippen LogP contribution in [-0.4, -0.2) is 53.4 Å². The van der Waals surface area contributed by atoms with E-state index in [9.17, 15) is 4.79 Å². The van der Waals surface area contributed by atoms with Crippen LogP contribution in [0.25, 0.3) is 11.0 Å². The third-order valence-electron chi connectivity index (χ3n) is 3.87. The predicted molar refractivity (Wildman–Crippen MR) is 113 cm³/mol. The normalized spacial score (nSPS) is 12.1.